The van der Waals surface area contributed by atoms with Gasteiger partial charge in [-0.15, -0.1) is 0 Å². The third kappa shape index (κ3) is 3.13. The molecule has 2 aliphatic heterocycles. The first-order chi connectivity index (χ1) is 10.1. The zero-order valence-electron chi connectivity index (χ0n) is 12.0. The van der Waals surface area contributed by atoms with Gasteiger partial charge in [0.05, 0.1) is 4.91 Å². The fraction of sp³-hybridized carbons (Fsp3) is 0.375. The minimum absolute atomic E-state index is 0.179. The molecular formula is C16H18N2O2S. The van der Waals surface area contributed by atoms with Gasteiger partial charge in [0.25, 0.3) is 5.91 Å². The van der Waals surface area contributed by atoms with Crippen LogP contribution in [0.1, 0.15) is 25.3 Å². The van der Waals surface area contributed by atoms with E-state index < -0.39 is 0 Å². The molecule has 1 saturated heterocycles. The first-order valence-electron chi connectivity index (χ1n) is 7.19. The van der Waals surface area contributed by atoms with Crippen molar-refractivity contribution >= 4 is 28.9 Å². The van der Waals surface area contributed by atoms with Crippen LogP contribution in [0, 0.1) is 5.92 Å². The van der Waals surface area contributed by atoms with Crippen molar-refractivity contribution in [3.8, 4) is 5.75 Å². The van der Waals surface area contributed by atoms with Crippen molar-refractivity contribution in [1.29, 1.82) is 0 Å². The van der Waals surface area contributed by atoms with Gasteiger partial charge in [-0.2, -0.15) is 4.99 Å². The Hall–Kier alpha value is -1.75. The number of thioether (sulfide) groups is 1. The highest BCUT2D eigenvalue weighted by Gasteiger charge is 2.28. The molecule has 1 aromatic carbocycles. The Morgan fingerprint density at radius 1 is 1.43 bits per heavy atom. The number of benzene rings is 1. The third-order valence-electron chi connectivity index (χ3n) is 3.76. The van der Waals surface area contributed by atoms with Crippen molar-refractivity contribution in [3.05, 3.63) is 34.7 Å². The highest BCUT2D eigenvalue weighted by molar-refractivity contribution is 8.18. The zero-order valence-corrected chi connectivity index (χ0v) is 12.8. The first-order valence-corrected chi connectivity index (χ1v) is 8.00. The summed E-state index contributed by atoms with van der Waals surface area (Å²) in [6.45, 7) is 4.16. The summed E-state index contributed by atoms with van der Waals surface area (Å²) in [5.41, 5.74) is 0.650. The van der Waals surface area contributed by atoms with Crippen molar-refractivity contribution < 1.29 is 9.90 Å². The molecule has 0 saturated carbocycles. The minimum Gasteiger partial charge on any atom is -0.507 e. The number of hydrogen-bond acceptors (Lipinski definition) is 4. The summed E-state index contributed by atoms with van der Waals surface area (Å²) in [6.07, 6.45) is 4.10. The monoisotopic (exact) mass is 302 g/mol. The smallest absolute Gasteiger partial charge is 0.286 e. The molecule has 2 heterocycles. The van der Waals surface area contributed by atoms with Crippen LogP contribution in [0.5, 0.6) is 5.75 Å². The molecule has 1 amide bonds. The Labute approximate surface area is 128 Å². The van der Waals surface area contributed by atoms with E-state index in [2.05, 4.69) is 16.8 Å². The largest absolute Gasteiger partial charge is 0.507 e. The number of aromatic hydroxyl groups is 1. The molecule has 0 radical (unpaired) electrons. The lowest BCUT2D eigenvalue weighted by Crippen LogP contribution is -2.37. The fourth-order valence-electron chi connectivity index (χ4n) is 2.65. The number of rotatable bonds is 1. The predicted molar refractivity (Wildman–Crippen MR) is 86.1 cm³/mol. The fourth-order valence-corrected chi connectivity index (χ4v) is 3.59. The van der Waals surface area contributed by atoms with Crippen LogP contribution >= 0.6 is 11.8 Å². The standard InChI is InChI=1S/C16H18N2O2S/c1-11-5-4-8-18(10-11)16-17-15(20)14(21-16)9-12-6-2-3-7-13(12)19/h2-3,6-7,9,11,19H,4-5,8,10H2,1H3/b14-9-. The van der Waals surface area contributed by atoms with Crippen LogP contribution in [-0.2, 0) is 4.79 Å². The van der Waals surface area contributed by atoms with E-state index in [1.54, 1.807) is 24.3 Å². The van der Waals surface area contributed by atoms with Gasteiger partial charge in [-0.05, 0) is 42.7 Å². The van der Waals surface area contributed by atoms with Crippen molar-refractivity contribution in [3.63, 3.8) is 0 Å². The van der Waals surface area contributed by atoms with Crippen molar-refractivity contribution in [1.82, 2.24) is 4.90 Å². The van der Waals surface area contributed by atoms with Gasteiger partial charge < -0.3 is 10.0 Å². The van der Waals surface area contributed by atoms with Crippen molar-refractivity contribution in [2.24, 2.45) is 10.9 Å². The van der Waals surface area contributed by atoms with Gasteiger partial charge in [0.2, 0.25) is 0 Å². The van der Waals surface area contributed by atoms with Crippen LogP contribution in [0.4, 0.5) is 0 Å². The number of amidine groups is 1. The highest BCUT2D eigenvalue weighted by atomic mass is 32.2. The van der Waals surface area contributed by atoms with Crippen LogP contribution in [-0.4, -0.2) is 34.2 Å². The number of para-hydroxylation sites is 1. The van der Waals surface area contributed by atoms with Crippen LogP contribution < -0.4 is 0 Å². The molecule has 3 rings (SSSR count). The summed E-state index contributed by atoms with van der Waals surface area (Å²) < 4.78 is 0. The van der Waals surface area contributed by atoms with Crippen molar-refractivity contribution in [2.45, 2.75) is 19.8 Å². The molecule has 1 N–H and O–H groups in total. The Morgan fingerprint density at radius 3 is 3.00 bits per heavy atom. The molecule has 0 aromatic heterocycles. The molecule has 1 aromatic rings. The van der Waals surface area contributed by atoms with Gasteiger partial charge in [-0.1, -0.05) is 25.1 Å². The second kappa shape index (κ2) is 5.93. The molecule has 1 fully saturated rings. The van der Waals surface area contributed by atoms with Crippen LogP contribution in [0.25, 0.3) is 6.08 Å². The molecule has 21 heavy (non-hydrogen) atoms. The Morgan fingerprint density at radius 2 is 2.24 bits per heavy atom. The maximum absolute atomic E-state index is 12.0. The lowest BCUT2D eigenvalue weighted by Gasteiger charge is -2.31. The second-order valence-electron chi connectivity index (χ2n) is 5.56. The summed E-state index contributed by atoms with van der Waals surface area (Å²) >= 11 is 1.41. The number of amides is 1. The number of hydrogen-bond donors (Lipinski definition) is 1. The molecule has 1 unspecified atom stereocenters. The lowest BCUT2D eigenvalue weighted by molar-refractivity contribution is -0.113. The Kier molecular flexibility index (Phi) is 4.01. The van der Waals surface area contributed by atoms with Crippen LogP contribution in [0.3, 0.4) is 0 Å². The average molecular weight is 302 g/mol. The quantitative estimate of drug-likeness (QED) is 0.810. The molecule has 1 atom stereocenters. The zero-order chi connectivity index (χ0) is 14.8. The number of carbonyl (C=O) groups is 1. The van der Waals surface area contributed by atoms with E-state index in [1.165, 1.54) is 18.2 Å². The number of aliphatic imine (C=N–C) groups is 1. The van der Waals surface area contributed by atoms with Gasteiger partial charge in [0, 0.05) is 18.7 Å². The summed E-state index contributed by atoms with van der Waals surface area (Å²) in [5, 5.41) is 10.6. The van der Waals surface area contributed by atoms with Gasteiger partial charge in [-0.3, -0.25) is 4.79 Å². The predicted octanol–water partition coefficient (Wildman–Crippen LogP) is 3.09. The minimum atomic E-state index is -0.212. The molecule has 110 valence electrons. The SMILES string of the molecule is CC1CCCN(C2=NC(=O)/C(=C/c3ccccc3O)S2)C1. The lowest BCUT2D eigenvalue weighted by atomic mass is 10.0. The topological polar surface area (TPSA) is 52.9 Å². The number of likely N-dealkylation sites (tertiary alicyclic amines) is 1. The Balaban J connectivity index is 1.77. The number of piperidine rings is 1. The van der Waals surface area contributed by atoms with E-state index in [4.69, 9.17) is 0 Å². The van der Waals surface area contributed by atoms with Crippen LogP contribution in [0.2, 0.25) is 0 Å². The van der Waals surface area contributed by atoms with Gasteiger partial charge in [0.1, 0.15) is 5.75 Å². The van der Waals surface area contributed by atoms with Crippen LogP contribution in [0.15, 0.2) is 34.2 Å². The number of carbonyl (C=O) groups excluding carboxylic acids is 1. The van der Waals surface area contributed by atoms with E-state index in [0.717, 1.165) is 24.7 Å². The second-order valence-corrected chi connectivity index (χ2v) is 6.57. The van der Waals surface area contributed by atoms with Gasteiger partial charge in [0.15, 0.2) is 5.17 Å². The highest BCUT2D eigenvalue weighted by Crippen LogP contribution is 2.33. The van der Waals surface area contributed by atoms with E-state index >= 15 is 0 Å². The first kappa shape index (κ1) is 14.2. The molecular weight excluding hydrogens is 284 g/mol. The molecule has 5 heteroatoms. The molecule has 2 aliphatic rings. The summed E-state index contributed by atoms with van der Waals surface area (Å²) in [6, 6.07) is 7.00. The van der Waals surface area contributed by atoms with E-state index in [-0.39, 0.29) is 11.7 Å². The summed E-state index contributed by atoms with van der Waals surface area (Å²) in [4.78, 5) is 19.0. The Bertz CT molecular complexity index is 624. The molecule has 0 aliphatic carbocycles. The van der Waals surface area contributed by atoms with Gasteiger partial charge >= 0.3 is 0 Å². The third-order valence-corrected chi connectivity index (χ3v) is 4.80. The summed E-state index contributed by atoms with van der Waals surface area (Å²) in [7, 11) is 0. The maximum Gasteiger partial charge on any atom is 0.286 e. The number of phenolic OH excluding ortho intramolecular Hbond substituents is 1. The number of nitrogens with zero attached hydrogens (tertiary/aromatic N) is 2. The average Bonchev–Trinajstić information content (AvgIpc) is 2.83. The molecule has 0 bridgehead atoms. The van der Waals surface area contributed by atoms with E-state index in [0.29, 0.717) is 16.4 Å². The van der Waals surface area contributed by atoms with E-state index in [1.807, 2.05) is 6.07 Å². The van der Waals surface area contributed by atoms with Crippen molar-refractivity contribution in [2.75, 3.05) is 13.1 Å². The van der Waals surface area contributed by atoms with E-state index in [9.17, 15) is 9.90 Å². The molecule has 0 spiro atoms. The normalized spacial score (nSPS) is 24.5. The maximum atomic E-state index is 12.0. The van der Waals surface area contributed by atoms with Gasteiger partial charge in [-0.25, -0.2) is 0 Å². The summed E-state index contributed by atoms with van der Waals surface area (Å²) in [5.74, 6) is 0.610. The number of phenols is 1. The molecule has 4 nitrogen and oxygen atoms in total.